The quantitative estimate of drug-likeness (QED) is 0.840. The number of rotatable bonds is 4. The van der Waals surface area contributed by atoms with Crippen LogP contribution in [0.3, 0.4) is 0 Å². The van der Waals surface area contributed by atoms with Gasteiger partial charge < -0.3 is 10.6 Å². The summed E-state index contributed by atoms with van der Waals surface area (Å²) in [4.78, 5) is 20.1. The highest BCUT2D eigenvalue weighted by atomic mass is 16.2. The van der Waals surface area contributed by atoms with Crippen molar-refractivity contribution < 1.29 is 4.79 Å². The highest BCUT2D eigenvalue weighted by Gasteiger charge is 2.26. The molecule has 19 heavy (non-hydrogen) atoms. The third kappa shape index (κ3) is 2.49. The lowest BCUT2D eigenvalue weighted by molar-refractivity contribution is -0.128. The van der Waals surface area contributed by atoms with E-state index in [1.807, 2.05) is 20.9 Å². The lowest BCUT2D eigenvalue weighted by Gasteiger charge is -2.23. The Labute approximate surface area is 111 Å². The first-order valence-electron chi connectivity index (χ1n) is 6.04. The van der Waals surface area contributed by atoms with E-state index in [4.69, 9.17) is 0 Å². The number of carbonyl (C=O) groups is 1. The van der Waals surface area contributed by atoms with Crippen molar-refractivity contribution in [3.8, 4) is 0 Å². The fourth-order valence-electron chi connectivity index (χ4n) is 1.83. The van der Waals surface area contributed by atoms with Gasteiger partial charge in [0.2, 0.25) is 5.91 Å². The summed E-state index contributed by atoms with van der Waals surface area (Å²) in [7, 11) is 3.46. The summed E-state index contributed by atoms with van der Waals surface area (Å²) < 4.78 is 1.69. The van der Waals surface area contributed by atoms with Gasteiger partial charge in [-0.3, -0.25) is 9.48 Å². The van der Waals surface area contributed by atoms with Gasteiger partial charge in [-0.2, -0.15) is 5.10 Å². The Hall–Kier alpha value is -2.18. The minimum atomic E-state index is -0.520. The van der Waals surface area contributed by atoms with Gasteiger partial charge in [-0.05, 0) is 13.8 Å². The van der Waals surface area contributed by atoms with Crippen LogP contribution in [-0.4, -0.2) is 39.2 Å². The molecule has 0 fully saturated rings. The Morgan fingerprint density at radius 1 is 1.42 bits per heavy atom. The molecule has 1 amide bonds. The first kappa shape index (κ1) is 13.3. The molecule has 0 radical (unpaired) electrons. The first-order valence-corrected chi connectivity index (χ1v) is 6.04. The largest absolute Gasteiger partial charge is 0.368 e. The molecule has 0 aliphatic heterocycles. The highest BCUT2D eigenvalue weighted by molar-refractivity contribution is 5.87. The van der Waals surface area contributed by atoms with Gasteiger partial charge in [-0.25, -0.2) is 9.97 Å². The fourth-order valence-corrected chi connectivity index (χ4v) is 1.83. The SMILES string of the molecule is CNC(=O)C(C)(C)CNc1ncnc2c1cnn2C. The smallest absolute Gasteiger partial charge is 0.227 e. The van der Waals surface area contributed by atoms with Crippen LogP contribution < -0.4 is 10.6 Å². The van der Waals surface area contributed by atoms with Gasteiger partial charge in [0.15, 0.2) is 5.65 Å². The van der Waals surface area contributed by atoms with E-state index in [1.54, 1.807) is 17.9 Å². The average Bonchev–Trinajstić information content (AvgIpc) is 2.78. The maximum absolute atomic E-state index is 11.7. The standard InChI is InChI=1S/C12H18N6O/c1-12(2,11(19)13-3)6-14-9-8-5-17-18(4)10(8)16-7-15-9/h5,7H,6H2,1-4H3,(H,13,19)(H,14,15,16). The number of nitrogens with one attached hydrogen (secondary N) is 2. The summed E-state index contributed by atoms with van der Waals surface area (Å²) in [6.07, 6.45) is 3.20. The molecular formula is C12H18N6O. The summed E-state index contributed by atoms with van der Waals surface area (Å²) >= 11 is 0. The van der Waals surface area contributed by atoms with Crippen LogP contribution in [0.2, 0.25) is 0 Å². The van der Waals surface area contributed by atoms with Crippen LogP contribution in [0.15, 0.2) is 12.5 Å². The van der Waals surface area contributed by atoms with Crippen molar-refractivity contribution in [3.63, 3.8) is 0 Å². The lowest BCUT2D eigenvalue weighted by Crippen LogP contribution is -2.39. The molecule has 2 aromatic heterocycles. The van der Waals surface area contributed by atoms with Crippen LogP contribution in [0.4, 0.5) is 5.82 Å². The lowest BCUT2D eigenvalue weighted by atomic mass is 9.92. The molecule has 0 atom stereocenters. The van der Waals surface area contributed by atoms with Crippen molar-refractivity contribution in [3.05, 3.63) is 12.5 Å². The van der Waals surface area contributed by atoms with E-state index in [-0.39, 0.29) is 5.91 Å². The number of nitrogens with zero attached hydrogens (tertiary/aromatic N) is 4. The van der Waals surface area contributed by atoms with E-state index in [0.29, 0.717) is 12.4 Å². The van der Waals surface area contributed by atoms with Crippen molar-refractivity contribution in [2.75, 3.05) is 18.9 Å². The van der Waals surface area contributed by atoms with Crippen molar-refractivity contribution in [2.45, 2.75) is 13.8 Å². The number of aryl methyl sites for hydroxylation is 1. The van der Waals surface area contributed by atoms with E-state index in [0.717, 1.165) is 11.0 Å². The zero-order valence-corrected chi connectivity index (χ0v) is 11.6. The molecule has 2 rings (SSSR count). The zero-order valence-electron chi connectivity index (χ0n) is 11.6. The Morgan fingerprint density at radius 3 is 2.84 bits per heavy atom. The molecule has 0 aliphatic carbocycles. The molecule has 7 nitrogen and oxygen atoms in total. The second kappa shape index (κ2) is 4.83. The van der Waals surface area contributed by atoms with Crippen molar-refractivity contribution >= 4 is 22.8 Å². The summed E-state index contributed by atoms with van der Waals surface area (Å²) in [5.41, 5.74) is 0.240. The molecule has 2 N–H and O–H groups in total. The van der Waals surface area contributed by atoms with Crippen LogP contribution in [0.5, 0.6) is 0 Å². The third-order valence-electron chi connectivity index (χ3n) is 3.07. The van der Waals surface area contributed by atoms with Gasteiger partial charge in [0, 0.05) is 20.6 Å². The molecule has 0 aromatic carbocycles. The van der Waals surface area contributed by atoms with E-state index < -0.39 is 5.41 Å². The average molecular weight is 262 g/mol. The summed E-state index contributed by atoms with van der Waals surface area (Å²) in [6, 6.07) is 0. The second-order valence-electron chi connectivity index (χ2n) is 5.04. The summed E-state index contributed by atoms with van der Waals surface area (Å²) in [6.45, 7) is 4.23. The van der Waals surface area contributed by atoms with Gasteiger partial charge in [0.05, 0.1) is 17.0 Å². The van der Waals surface area contributed by atoms with E-state index >= 15 is 0 Å². The third-order valence-corrected chi connectivity index (χ3v) is 3.07. The van der Waals surface area contributed by atoms with Crippen molar-refractivity contribution in [1.82, 2.24) is 25.1 Å². The molecular weight excluding hydrogens is 244 g/mol. The van der Waals surface area contributed by atoms with Gasteiger partial charge >= 0.3 is 0 Å². The zero-order chi connectivity index (χ0) is 14.0. The van der Waals surface area contributed by atoms with Crippen molar-refractivity contribution in [1.29, 1.82) is 0 Å². The van der Waals surface area contributed by atoms with Gasteiger partial charge in [-0.1, -0.05) is 0 Å². The molecule has 2 aromatic rings. The predicted octanol–water partition coefficient (Wildman–Crippen LogP) is 0.547. The maximum Gasteiger partial charge on any atom is 0.227 e. The summed E-state index contributed by atoms with van der Waals surface area (Å²) in [5, 5.41) is 10.8. The number of aromatic nitrogens is 4. The van der Waals surface area contributed by atoms with Crippen LogP contribution in [-0.2, 0) is 11.8 Å². The molecule has 0 aliphatic rings. The monoisotopic (exact) mass is 262 g/mol. The van der Waals surface area contributed by atoms with Crippen LogP contribution in [0.1, 0.15) is 13.8 Å². The highest BCUT2D eigenvalue weighted by Crippen LogP contribution is 2.21. The molecule has 0 saturated carbocycles. The molecule has 2 heterocycles. The Morgan fingerprint density at radius 2 is 2.16 bits per heavy atom. The second-order valence-corrected chi connectivity index (χ2v) is 5.04. The van der Waals surface area contributed by atoms with Gasteiger partial charge in [0.25, 0.3) is 0 Å². The minimum Gasteiger partial charge on any atom is -0.368 e. The van der Waals surface area contributed by atoms with E-state index in [2.05, 4.69) is 25.7 Å². The number of anilines is 1. The van der Waals surface area contributed by atoms with Crippen LogP contribution >= 0.6 is 0 Å². The normalized spacial score (nSPS) is 11.6. The summed E-state index contributed by atoms with van der Waals surface area (Å²) in [5.74, 6) is 0.673. The Bertz CT molecular complexity index is 603. The molecule has 102 valence electrons. The Kier molecular flexibility index (Phi) is 3.37. The maximum atomic E-state index is 11.7. The van der Waals surface area contributed by atoms with E-state index in [9.17, 15) is 4.79 Å². The van der Waals surface area contributed by atoms with Gasteiger partial charge in [0.1, 0.15) is 12.1 Å². The molecule has 0 spiro atoms. The number of fused-ring (bicyclic) bond motifs is 1. The topological polar surface area (TPSA) is 84.7 Å². The van der Waals surface area contributed by atoms with E-state index in [1.165, 1.54) is 6.33 Å². The Balaban J connectivity index is 2.21. The predicted molar refractivity (Wildman–Crippen MR) is 72.6 cm³/mol. The molecule has 0 unspecified atom stereocenters. The first-order chi connectivity index (χ1) is 8.95. The van der Waals surface area contributed by atoms with Gasteiger partial charge in [-0.15, -0.1) is 0 Å². The molecule has 0 saturated heterocycles. The van der Waals surface area contributed by atoms with Crippen molar-refractivity contribution in [2.24, 2.45) is 12.5 Å². The molecule has 7 heteroatoms. The number of amides is 1. The van der Waals surface area contributed by atoms with Crippen LogP contribution in [0, 0.1) is 5.41 Å². The number of hydrogen-bond acceptors (Lipinski definition) is 5. The fraction of sp³-hybridized carbons (Fsp3) is 0.500. The minimum absolute atomic E-state index is 0.0171. The van der Waals surface area contributed by atoms with Crippen LogP contribution in [0.25, 0.3) is 11.0 Å². The number of hydrogen-bond donors (Lipinski definition) is 2. The number of carbonyl (C=O) groups excluding carboxylic acids is 1. The molecule has 0 bridgehead atoms.